The van der Waals surface area contributed by atoms with Crippen LogP contribution in [-0.4, -0.2) is 41.0 Å². The molecule has 0 aromatic carbocycles. The van der Waals surface area contributed by atoms with Crippen LogP contribution in [0.1, 0.15) is 37.8 Å². The highest BCUT2D eigenvalue weighted by atomic mass is 15.2. The van der Waals surface area contributed by atoms with Crippen LogP contribution in [-0.2, 0) is 6.54 Å². The monoisotopic (exact) mass is 248 g/mol. The maximum atomic E-state index is 4.24. The topological polar surface area (TPSA) is 41.0 Å². The minimum atomic E-state index is 0.339. The predicted octanol–water partition coefficient (Wildman–Crippen LogP) is 1.83. The van der Waals surface area contributed by atoms with Gasteiger partial charge < -0.3 is 10.2 Å². The van der Waals surface area contributed by atoms with Crippen molar-refractivity contribution in [1.82, 2.24) is 20.2 Å². The van der Waals surface area contributed by atoms with E-state index in [9.17, 15) is 0 Å². The van der Waals surface area contributed by atoms with Crippen molar-refractivity contribution in [3.05, 3.63) is 24.3 Å². The molecule has 1 aromatic heterocycles. The van der Waals surface area contributed by atoms with Crippen molar-refractivity contribution in [3.63, 3.8) is 0 Å². The summed E-state index contributed by atoms with van der Waals surface area (Å²) in [6.45, 7) is 1.88. The van der Waals surface area contributed by atoms with Gasteiger partial charge in [0, 0.05) is 24.8 Å². The number of nitrogens with zero attached hydrogens (tertiary/aromatic N) is 3. The lowest BCUT2D eigenvalue weighted by atomic mass is 9.80. The first-order chi connectivity index (χ1) is 8.73. The molecular weight excluding hydrogens is 224 g/mol. The van der Waals surface area contributed by atoms with Gasteiger partial charge in [-0.15, -0.1) is 0 Å². The quantitative estimate of drug-likeness (QED) is 0.863. The molecule has 4 nitrogen and oxygen atoms in total. The summed E-state index contributed by atoms with van der Waals surface area (Å²) in [7, 11) is 4.41. The Morgan fingerprint density at radius 1 is 1.28 bits per heavy atom. The SMILES string of the molecule is CN(C)C1(CNCc2ccncn2)CCCCC1. The third kappa shape index (κ3) is 3.27. The Morgan fingerprint density at radius 3 is 2.67 bits per heavy atom. The van der Waals surface area contributed by atoms with Crippen LogP contribution in [0.3, 0.4) is 0 Å². The number of nitrogens with one attached hydrogen (secondary N) is 1. The molecule has 2 rings (SSSR count). The van der Waals surface area contributed by atoms with Crippen LogP contribution in [0.5, 0.6) is 0 Å². The van der Waals surface area contributed by atoms with Crippen molar-refractivity contribution in [2.24, 2.45) is 0 Å². The molecule has 0 aliphatic heterocycles. The van der Waals surface area contributed by atoms with E-state index in [0.717, 1.165) is 18.8 Å². The summed E-state index contributed by atoms with van der Waals surface area (Å²) in [5, 5.41) is 3.56. The van der Waals surface area contributed by atoms with Gasteiger partial charge in [0.2, 0.25) is 0 Å². The molecule has 1 fully saturated rings. The fourth-order valence-corrected chi connectivity index (χ4v) is 2.84. The maximum Gasteiger partial charge on any atom is 0.115 e. The van der Waals surface area contributed by atoms with Gasteiger partial charge in [0.15, 0.2) is 0 Å². The molecule has 0 atom stereocenters. The van der Waals surface area contributed by atoms with Crippen LogP contribution in [0.4, 0.5) is 0 Å². The zero-order valence-corrected chi connectivity index (χ0v) is 11.5. The van der Waals surface area contributed by atoms with E-state index in [1.807, 2.05) is 6.07 Å². The minimum absolute atomic E-state index is 0.339. The second kappa shape index (κ2) is 6.25. The zero-order chi connectivity index (χ0) is 12.8. The van der Waals surface area contributed by atoms with Gasteiger partial charge in [0.1, 0.15) is 6.33 Å². The molecule has 0 bridgehead atoms. The molecule has 1 saturated carbocycles. The highest BCUT2D eigenvalue weighted by molar-refractivity contribution is 4.98. The van der Waals surface area contributed by atoms with E-state index >= 15 is 0 Å². The highest BCUT2D eigenvalue weighted by Crippen LogP contribution is 2.31. The Balaban J connectivity index is 1.86. The molecule has 1 N–H and O–H groups in total. The molecule has 0 unspecified atom stereocenters. The Kier molecular flexibility index (Phi) is 4.66. The van der Waals surface area contributed by atoms with Crippen LogP contribution < -0.4 is 5.32 Å². The summed E-state index contributed by atoms with van der Waals surface area (Å²) in [5.74, 6) is 0. The van der Waals surface area contributed by atoms with Gasteiger partial charge in [-0.05, 0) is 33.0 Å². The summed E-state index contributed by atoms with van der Waals surface area (Å²) in [4.78, 5) is 10.6. The summed E-state index contributed by atoms with van der Waals surface area (Å²) < 4.78 is 0. The van der Waals surface area contributed by atoms with Crippen molar-refractivity contribution in [3.8, 4) is 0 Å². The first kappa shape index (κ1) is 13.4. The molecule has 0 radical (unpaired) electrons. The van der Waals surface area contributed by atoms with Gasteiger partial charge in [0.05, 0.1) is 5.69 Å². The smallest absolute Gasteiger partial charge is 0.115 e. The van der Waals surface area contributed by atoms with Crippen LogP contribution in [0, 0.1) is 0 Å². The molecular formula is C14H24N4. The van der Waals surface area contributed by atoms with Gasteiger partial charge in [-0.1, -0.05) is 19.3 Å². The van der Waals surface area contributed by atoms with Crippen molar-refractivity contribution in [1.29, 1.82) is 0 Å². The number of aromatic nitrogens is 2. The lowest BCUT2D eigenvalue weighted by Crippen LogP contribution is -2.52. The highest BCUT2D eigenvalue weighted by Gasteiger charge is 2.33. The molecule has 1 aromatic rings. The van der Waals surface area contributed by atoms with E-state index in [2.05, 4.69) is 34.3 Å². The fraction of sp³-hybridized carbons (Fsp3) is 0.714. The molecule has 18 heavy (non-hydrogen) atoms. The molecule has 100 valence electrons. The molecule has 0 spiro atoms. The second-order valence-electron chi connectivity index (χ2n) is 5.48. The molecule has 4 heteroatoms. The third-order valence-corrected chi connectivity index (χ3v) is 4.14. The van der Waals surface area contributed by atoms with Gasteiger partial charge in [-0.3, -0.25) is 0 Å². The number of rotatable bonds is 5. The van der Waals surface area contributed by atoms with Crippen LogP contribution >= 0.6 is 0 Å². The van der Waals surface area contributed by atoms with Gasteiger partial charge in [-0.2, -0.15) is 0 Å². The van der Waals surface area contributed by atoms with E-state index < -0.39 is 0 Å². The Bertz CT molecular complexity index is 344. The summed E-state index contributed by atoms with van der Waals surface area (Å²) in [5.41, 5.74) is 1.40. The average Bonchev–Trinajstić information content (AvgIpc) is 2.41. The standard InChI is InChI=1S/C14H24N4/c1-18(2)14(7-4-3-5-8-14)11-16-10-13-6-9-15-12-17-13/h6,9,12,16H,3-5,7-8,10-11H2,1-2H3. The van der Waals surface area contributed by atoms with Crippen LogP contribution in [0.25, 0.3) is 0 Å². The van der Waals surface area contributed by atoms with Crippen LogP contribution in [0.2, 0.25) is 0 Å². The Hall–Kier alpha value is -1.00. The third-order valence-electron chi connectivity index (χ3n) is 4.14. The summed E-state index contributed by atoms with van der Waals surface area (Å²) in [6, 6.07) is 1.97. The maximum absolute atomic E-state index is 4.24. The van der Waals surface area contributed by atoms with Crippen LogP contribution in [0.15, 0.2) is 18.6 Å². The molecule has 1 aliphatic rings. The number of hydrogen-bond donors (Lipinski definition) is 1. The Labute approximate surface area is 110 Å². The van der Waals surface area contributed by atoms with E-state index in [-0.39, 0.29) is 0 Å². The molecule has 0 amide bonds. The van der Waals surface area contributed by atoms with Gasteiger partial charge in [0.25, 0.3) is 0 Å². The van der Waals surface area contributed by atoms with E-state index in [1.165, 1.54) is 32.1 Å². The minimum Gasteiger partial charge on any atom is -0.309 e. The second-order valence-corrected chi connectivity index (χ2v) is 5.48. The number of hydrogen-bond acceptors (Lipinski definition) is 4. The molecule has 1 aliphatic carbocycles. The molecule has 0 saturated heterocycles. The van der Waals surface area contributed by atoms with E-state index in [4.69, 9.17) is 0 Å². The predicted molar refractivity (Wildman–Crippen MR) is 73.2 cm³/mol. The lowest BCUT2D eigenvalue weighted by molar-refractivity contribution is 0.0983. The first-order valence-electron chi connectivity index (χ1n) is 6.86. The first-order valence-corrected chi connectivity index (χ1v) is 6.86. The van der Waals surface area contributed by atoms with E-state index in [1.54, 1.807) is 12.5 Å². The van der Waals surface area contributed by atoms with Crippen molar-refractivity contribution in [2.45, 2.75) is 44.2 Å². The van der Waals surface area contributed by atoms with Gasteiger partial charge >= 0.3 is 0 Å². The van der Waals surface area contributed by atoms with Crippen molar-refractivity contribution >= 4 is 0 Å². The number of likely N-dealkylation sites (N-methyl/N-ethyl adjacent to an activating group) is 1. The van der Waals surface area contributed by atoms with Gasteiger partial charge in [-0.25, -0.2) is 9.97 Å². The normalized spacial score (nSPS) is 19.1. The lowest BCUT2D eigenvalue weighted by Gasteiger charge is -2.43. The average molecular weight is 248 g/mol. The van der Waals surface area contributed by atoms with Crippen molar-refractivity contribution < 1.29 is 0 Å². The van der Waals surface area contributed by atoms with Crippen molar-refractivity contribution in [2.75, 3.05) is 20.6 Å². The summed E-state index contributed by atoms with van der Waals surface area (Å²) >= 11 is 0. The van der Waals surface area contributed by atoms with E-state index in [0.29, 0.717) is 5.54 Å². The molecule has 1 heterocycles. The summed E-state index contributed by atoms with van der Waals surface area (Å²) in [6.07, 6.45) is 10.1. The Morgan fingerprint density at radius 2 is 2.06 bits per heavy atom. The fourth-order valence-electron chi connectivity index (χ4n) is 2.84. The zero-order valence-electron chi connectivity index (χ0n) is 11.5. The largest absolute Gasteiger partial charge is 0.309 e.